The van der Waals surface area contributed by atoms with Crippen LogP contribution in [0.4, 0.5) is 5.69 Å². The third kappa shape index (κ3) is 2.66. The van der Waals surface area contributed by atoms with Crippen LogP contribution in [0.25, 0.3) is 22.2 Å². The molecule has 6 heteroatoms. The number of H-pyrrole nitrogens is 1. The summed E-state index contributed by atoms with van der Waals surface area (Å²) in [5, 5.41) is 1.13. The van der Waals surface area contributed by atoms with E-state index in [9.17, 15) is 8.42 Å². The highest BCUT2D eigenvalue weighted by molar-refractivity contribution is 7.89. The molecule has 1 aromatic heterocycles. The molecular weight excluding hydrogens is 370 g/mol. The predicted octanol–water partition coefficient (Wildman–Crippen LogP) is 3.79. The maximum Gasteiger partial charge on any atom is 0.242 e. The van der Waals surface area contributed by atoms with Crippen molar-refractivity contribution in [2.45, 2.75) is 11.8 Å². The van der Waals surface area contributed by atoms with Crippen LogP contribution in [0, 0.1) is 17.8 Å². The molecule has 1 aliphatic heterocycles. The summed E-state index contributed by atoms with van der Waals surface area (Å²) in [6.45, 7) is 4.44. The maximum absolute atomic E-state index is 12.7. The molecule has 3 atom stereocenters. The number of piperidine rings is 1. The van der Waals surface area contributed by atoms with E-state index in [-0.39, 0.29) is 0 Å². The monoisotopic (exact) mass is 395 g/mol. The van der Waals surface area contributed by atoms with Gasteiger partial charge in [-0.05, 0) is 48.1 Å². The summed E-state index contributed by atoms with van der Waals surface area (Å²) < 4.78 is 26.7. The Labute approximate surface area is 166 Å². The van der Waals surface area contributed by atoms with Crippen molar-refractivity contribution in [3.8, 4) is 11.3 Å². The van der Waals surface area contributed by atoms with Crippen molar-refractivity contribution >= 4 is 26.6 Å². The van der Waals surface area contributed by atoms with Crippen LogP contribution in [0.2, 0.25) is 0 Å². The molecular formula is C22H25N3O2S. The fourth-order valence-corrected chi connectivity index (χ4v) is 5.54. The second-order valence-electron chi connectivity index (χ2n) is 8.33. The molecule has 5 nitrogen and oxygen atoms in total. The van der Waals surface area contributed by atoms with Gasteiger partial charge in [0.05, 0.1) is 4.90 Å². The first-order valence-corrected chi connectivity index (χ1v) is 11.2. The molecule has 1 aliphatic carbocycles. The highest BCUT2D eigenvalue weighted by atomic mass is 32.2. The second kappa shape index (κ2) is 6.09. The number of aromatic amines is 1. The number of benzene rings is 2. The lowest BCUT2D eigenvalue weighted by atomic mass is 10.1. The first-order valence-electron chi connectivity index (χ1n) is 9.76. The van der Waals surface area contributed by atoms with E-state index in [1.807, 2.05) is 30.3 Å². The lowest BCUT2D eigenvalue weighted by Gasteiger charge is -2.25. The van der Waals surface area contributed by atoms with Gasteiger partial charge in [-0.15, -0.1) is 0 Å². The SMILES string of the molecule is CC1[C@H]2CN(c3ccc(S(=O)(=O)N(C)C)cc3-c3cc4ccccc4[nH]3)C[C@@H]12. The number of hydrogen-bond acceptors (Lipinski definition) is 3. The van der Waals surface area contributed by atoms with Crippen LogP contribution in [-0.2, 0) is 10.0 Å². The number of fused-ring (bicyclic) bond motifs is 2. The molecule has 2 heterocycles. The number of nitrogens with zero attached hydrogens (tertiary/aromatic N) is 2. The quantitative estimate of drug-likeness (QED) is 0.731. The van der Waals surface area contributed by atoms with Crippen LogP contribution >= 0.6 is 0 Å². The fraction of sp³-hybridized carbons (Fsp3) is 0.364. The Kier molecular flexibility index (Phi) is 3.87. The van der Waals surface area contributed by atoms with Crippen LogP contribution in [0.1, 0.15) is 6.92 Å². The minimum Gasteiger partial charge on any atom is -0.370 e. The minimum absolute atomic E-state index is 0.327. The Bertz CT molecular complexity index is 1120. The van der Waals surface area contributed by atoms with E-state index < -0.39 is 10.0 Å². The van der Waals surface area contributed by atoms with Crippen molar-refractivity contribution in [3.63, 3.8) is 0 Å². The largest absolute Gasteiger partial charge is 0.370 e. The van der Waals surface area contributed by atoms with Crippen molar-refractivity contribution in [1.82, 2.24) is 9.29 Å². The molecule has 2 aliphatic rings. The zero-order chi connectivity index (χ0) is 19.6. The molecule has 0 bridgehead atoms. The van der Waals surface area contributed by atoms with Crippen molar-refractivity contribution in [1.29, 1.82) is 0 Å². The average molecular weight is 396 g/mol. The highest BCUT2D eigenvalue weighted by Crippen LogP contribution is 2.53. The van der Waals surface area contributed by atoms with Gasteiger partial charge < -0.3 is 9.88 Å². The molecule has 1 saturated heterocycles. The van der Waals surface area contributed by atoms with Gasteiger partial charge in [0.1, 0.15) is 0 Å². The van der Waals surface area contributed by atoms with E-state index in [1.165, 1.54) is 4.31 Å². The number of aromatic nitrogens is 1. The normalized spacial score (nSPS) is 24.1. The lowest BCUT2D eigenvalue weighted by molar-refractivity contribution is 0.521. The van der Waals surface area contributed by atoms with Crippen molar-refractivity contribution in [2.24, 2.45) is 17.8 Å². The van der Waals surface area contributed by atoms with Crippen molar-refractivity contribution in [3.05, 3.63) is 48.5 Å². The Morgan fingerprint density at radius 3 is 2.43 bits per heavy atom. The summed E-state index contributed by atoms with van der Waals surface area (Å²) in [5.74, 6) is 2.38. The fourth-order valence-electron chi connectivity index (χ4n) is 4.62. The maximum atomic E-state index is 12.7. The molecule has 28 heavy (non-hydrogen) atoms. The summed E-state index contributed by atoms with van der Waals surface area (Å²) in [7, 11) is -0.346. The molecule has 2 aromatic carbocycles. The number of sulfonamides is 1. The third-order valence-electron chi connectivity index (χ3n) is 6.53. The molecule has 0 spiro atoms. The summed E-state index contributed by atoms with van der Waals surface area (Å²) in [6, 6.07) is 15.8. The predicted molar refractivity (Wildman–Crippen MR) is 113 cm³/mol. The zero-order valence-electron chi connectivity index (χ0n) is 16.4. The number of rotatable bonds is 4. The van der Waals surface area contributed by atoms with Crippen LogP contribution in [-0.4, -0.2) is 44.9 Å². The van der Waals surface area contributed by atoms with Gasteiger partial charge in [0.15, 0.2) is 0 Å². The number of para-hydroxylation sites is 1. The molecule has 5 rings (SSSR count). The summed E-state index contributed by atoms with van der Waals surface area (Å²) >= 11 is 0. The minimum atomic E-state index is -3.49. The van der Waals surface area contributed by atoms with Gasteiger partial charge in [-0.2, -0.15) is 0 Å². The topological polar surface area (TPSA) is 56.4 Å². The molecule has 146 valence electrons. The number of anilines is 1. The van der Waals surface area contributed by atoms with Gasteiger partial charge in [0.25, 0.3) is 0 Å². The van der Waals surface area contributed by atoms with E-state index in [1.54, 1.807) is 20.2 Å². The second-order valence-corrected chi connectivity index (χ2v) is 10.5. The van der Waals surface area contributed by atoms with Gasteiger partial charge in [-0.1, -0.05) is 25.1 Å². The van der Waals surface area contributed by atoms with Crippen LogP contribution in [0.3, 0.4) is 0 Å². The Balaban J connectivity index is 1.64. The van der Waals surface area contributed by atoms with E-state index in [4.69, 9.17) is 0 Å². The molecule has 0 radical (unpaired) electrons. The van der Waals surface area contributed by atoms with E-state index in [2.05, 4.69) is 28.9 Å². The number of hydrogen-bond donors (Lipinski definition) is 1. The first kappa shape index (κ1) is 17.8. The van der Waals surface area contributed by atoms with E-state index in [0.29, 0.717) is 4.90 Å². The summed E-state index contributed by atoms with van der Waals surface area (Å²) in [5.41, 5.74) is 4.08. The summed E-state index contributed by atoms with van der Waals surface area (Å²) in [6.07, 6.45) is 0. The average Bonchev–Trinajstić information content (AvgIpc) is 3.10. The van der Waals surface area contributed by atoms with Gasteiger partial charge in [0.2, 0.25) is 10.0 Å². The Morgan fingerprint density at radius 1 is 1.04 bits per heavy atom. The zero-order valence-corrected chi connectivity index (χ0v) is 17.2. The smallest absolute Gasteiger partial charge is 0.242 e. The molecule has 1 saturated carbocycles. The van der Waals surface area contributed by atoms with Gasteiger partial charge >= 0.3 is 0 Å². The first-order chi connectivity index (χ1) is 13.4. The highest BCUT2D eigenvalue weighted by Gasteiger charge is 2.52. The molecule has 0 amide bonds. The molecule has 3 aromatic rings. The van der Waals surface area contributed by atoms with Crippen molar-refractivity contribution < 1.29 is 8.42 Å². The molecule has 2 fully saturated rings. The number of nitrogens with one attached hydrogen (secondary N) is 1. The van der Waals surface area contributed by atoms with Gasteiger partial charge in [-0.25, -0.2) is 12.7 Å². The van der Waals surface area contributed by atoms with Gasteiger partial charge in [-0.3, -0.25) is 0 Å². The van der Waals surface area contributed by atoms with Crippen molar-refractivity contribution in [2.75, 3.05) is 32.1 Å². The van der Waals surface area contributed by atoms with Crippen LogP contribution < -0.4 is 4.90 Å². The Hall–Kier alpha value is -2.31. The lowest BCUT2D eigenvalue weighted by Crippen LogP contribution is -2.25. The Morgan fingerprint density at radius 2 is 1.75 bits per heavy atom. The van der Waals surface area contributed by atoms with Crippen LogP contribution in [0.15, 0.2) is 53.4 Å². The van der Waals surface area contributed by atoms with E-state index >= 15 is 0 Å². The van der Waals surface area contributed by atoms with Gasteiger partial charge in [0, 0.05) is 55.0 Å². The molecule has 1 unspecified atom stereocenters. The standard InChI is InChI=1S/C22H25N3O2S/c1-14-18-12-25(13-19(14)18)22-9-8-16(28(26,27)24(2)3)11-17(22)21-10-15-6-4-5-7-20(15)23-21/h4-11,14,18-19,23H,12-13H2,1-3H3/t14?,18-,19+. The third-order valence-corrected chi connectivity index (χ3v) is 8.34. The molecule has 1 N–H and O–H groups in total. The summed E-state index contributed by atoms with van der Waals surface area (Å²) in [4.78, 5) is 6.23. The van der Waals surface area contributed by atoms with Crippen LogP contribution in [0.5, 0.6) is 0 Å². The van der Waals surface area contributed by atoms with E-state index in [0.717, 1.165) is 58.7 Å².